The number of rotatable bonds is 7. The fourth-order valence-electron chi connectivity index (χ4n) is 3.11. The molecule has 1 aliphatic heterocycles. The normalized spacial score (nSPS) is 14.3. The van der Waals surface area contributed by atoms with E-state index in [0.717, 1.165) is 5.56 Å². The predicted octanol–water partition coefficient (Wildman–Crippen LogP) is 2.41. The largest absolute Gasteiger partial charge is 0.376 e. The van der Waals surface area contributed by atoms with Gasteiger partial charge in [-0.3, -0.25) is 4.79 Å². The van der Waals surface area contributed by atoms with Gasteiger partial charge in [0.1, 0.15) is 5.69 Å². The fourth-order valence-corrected chi connectivity index (χ4v) is 3.11. The van der Waals surface area contributed by atoms with Crippen LogP contribution in [0.1, 0.15) is 33.7 Å². The highest BCUT2D eigenvalue weighted by atomic mass is 16.5. The molecule has 27 heavy (non-hydrogen) atoms. The van der Waals surface area contributed by atoms with E-state index in [1.54, 1.807) is 4.90 Å². The van der Waals surface area contributed by atoms with Crippen LogP contribution in [0.25, 0.3) is 0 Å². The minimum Gasteiger partial charge on any atom is -0.376 e. The smallest absolute Gasteiger partial charge is 0.270 e. The molecule has 1 amide bonds. The van der Waals surface area contributed by atoms with Gasteiger partial charge in [-0.25, -0.2) is 0 Å². The molecular weight excluding hydrogens is 344 g/mol. The van der Waals surface area contributed by atoms with Crippen LogP contribution >= 0.6 is 0 Å². The summed E-state index contributed by atoms with van der Waals surface area (Å²) in [7, 11) is 1.87. The summed E-state index contributed by atoms with van der Waals surface area (Å²) in [6.07, 6.45) is 2.48. The molecule has 1 aliphatic rings. The summed E-state index contributed by atoms with van der Waals surface area (Å²) < 4.78 is 12.9. The third-order valence-corrected chi connectivity index (χ3v) is 4.75. The second-order valence-corrected chi connectivity index (χ2v) is 6.75. The number of ether oxygens (including phenoxy) is 1. The fraction of sp³-hybridized carbons (Fsp3) is 0.350. The van der Waals surface area contributed by atoms with E-state index < -0.39 is 0 Å². The van der Waals surface area contributed by atoms with Crippen molar-refractivity contribution in [3.63, 3.8) is 0 Å². The van der Waals surface area contributed by atoms with Gasteiger partial charge in [0, 0.05) is 32.8 Å². The van der Waals surface area contributed by atoms with Gasteiger partial charge >= 0.3 is 0 Å². The van der Waals surface area contributed by atoms with E-state index in [0.29, 0.717) is 50.1 Å². The Kier molecular flexibility index (Phi) is 5.02. The highest BCUT2D eigenvalue weighted by molar-refractivity contribution is 5.93. The number of aryl methyl sites for hydroxylation is 1. The van der Waals surface area contributed by atoms with Crippen LogP contribution in [0.2, 0.25) is 0 Å². The summed E-state index contributed by atoms with van der Waals surface area (Å²) in [4.78, 5) is 18.7. The maximum Gasteiger partial charge on any atom is 0.270 e. The molecule has 0 saturated carbocycles. The summed E-state index contributed by atoms with van der Waals surface area (Å²) in [6, 6.07) is 13.7. The van der Waals surface area contributed by atoms with Gasteiger partial charge < -0.3 is 18.7 Å². The van der Waals surface area contributed by atoms with Crippen molar-refractivity contribution in [3.8, 4) is 0 Å². The number of nitrogens with zero attached hydrogens (tertiary/aromatic N) is 4. The van der Waals surface area contributed by atoms with Crippen LogP contribution in [-0.2, 0) is 24.8 Å². The molecule has 1 aromatic carbocycles. The van der Waals surface area contributed by atoms with Crippen molar-refractivity contribution >= 4 is 5.91 Å². The number of aromatic nitrogens is 3. The summed E-state index contributed by atoms with van der Waals surface area (Å²) >= 11 is 0. The van der Waals surface area contributed by atoms with E-state index in [1.807, 2.05) is 60.3 Å². The molecule has 0 atom stereocenters. The molecule has 3 heterocycles. The third kappa shape index (κ3) is 3.93. The van der Waals surface area contributed by atoms with Gasteiger partial charge in [-0.05, 0) is 17.7 Å². The molecule has 7 nitrogen and oxygen atoms in total. The third-order valence-electron chi connectivity index (χ3n) is 4.75. The maximum absolute atomic E-state index is 12.4. The van der Waals surface area contributed by atoms with Crippen LogP contribution in [-0.4, -0.2) is 45.2 Å². The van der Waals surface area contributed by atoms with Crippen LogP contribution in [0.5, 0.6) is 0 Å². The molecule has 3 aromatic rings. The average Bonchev–Trinajstić information content (AvgIpc) is 3.27. The Labute approximate surface area is 157 Å². The highest BCUT2D eigenvalue weighted by Crippen LogP contribution is 2.27. The Bertz CT molecular complexity index is 897. The van der Waals surface area contributed by atoms with Crippen LogP contribution in [0.15, 0.2) is 53.2 Å². The molecule has 0 N–H and O–H groups in total. The van der Waals surface area contributed by atoms with Crippen molar-refractivity contribution in [1.82, 2.24) is 19.6 Å². The highest BCUT2D eigenvalue weighted by Gasteiger charge is 2.36. The minimum atomic E-state index is 0.0350. The van der Waals surface area contributed by atoms with Crippen LogP contribution in [0.4, 0.5) is 0 Å². The second-order valence-electron chi connectivity index (χ2n) is 6.75. The Morgan fingerprint density at radius 2 is 2.04 bits per heavy atom. The Morgan fingerprint density at radius 1 is 1.22 bits per heavy atom. The van der Waals surface area contributed by atoms with Crippen molar-refractivity contribution in [3.05, 3.63) is 71.6 Å². The molecule has 0 spiro atoms. The number of hydrogen-bond donors (Lipinski definition) is 0. The topological polar surface area (TPSA) is 73.4 Å². The van der Waals surface area contributed by atoms with E-state index in [2.05, 4.69) is 10.1 Å². The van der Waals surface area contributed by atoms with Crippen LogP contribution in [0, 0.1) is 0 Å². The molecule has 0 radical (unpaired) electrons. The van der Waals surface area contributed by atoms with Gasteiger partial charge in [-0.15, -0.1) is 0 Å². The van der Waals surface area contributed by atoms with E-state index in [-0.39, 0.29) is 11.8 Å². The first kappa shape index (κ1) is 17.5. The summed E-state index contributed by atoms with van der Waals surface area (Å²) in [5.74, 6) is 1.39. The number of benzene rings is 1. The summed E-state index contributed by atoms with van der Waals surface area (Å²) in [6.45, 7) is 2.33. The monoisotopic (exact) mass is 366 g/mol. The molecule has 140 valence electrons. The standard InChI is InChI=1S/C20H22N4O3/c1-23-10-5-8-17(23)20(25)24-12-16(13-24)19-21-18(22-27-19)9-11-26-14-15-6-3-2-4-7-15/h2-8,10,16H,9,11-14H2,1H3. The van der Waals surface area contributed by atoms with Gasteiger partial charge in [-0.1, -0.05) is 35.5 Å². The number of carbonyl (C=O) groups excluding carboxylic acids is 1. The second kappa shape index (κ2) is 7.75. The lowest BCUT2D eigenvalue weighted by Gasteiger charge is -2.37. The first-order valence-corrected chi connectivity index (χ1v) is 9.05. The quantitative estimate of drug-likeness (QED) is 0.601. The Balaban J connectivity index is 1.22. The molecule has 1 saturated heterocycles. The van der Waals surface area contributed by atoms with Gasteiger partial charge in [0.25, 0.3) is 5.91 Å². The van der Waals surface area contributed by atoms with E-state index >= 15 is 0 Å². The SMILES string of the molecule is Cn1cccc1C(=O)N1CC(c2nc(CCOCc3ccccc3)no2)C1. The molecule has 7 heteroatoms. The van der Waals surface area contributed by atoms with E-state index in [4.69, 9.17) is 9.26 Å². The maximum atomic E-state index is 12.4. The lowest BCUT2D eigenvalue weighted by molar-refractivity contribution is 0.0559. The van der Waals surface area contributed by atoms with E-state index in [9.17, 15) is 4.79 Å². The van der Waals surface area contributed by atoms with Gasteiger partial charge in [0.2, 0.25) is 5.89 Å². The van der Waals surface area contributed by atoms with Crippen molar-refractivity contribution < 1.29 is 14.1 Å². The zero-order valence-electron chi connectivity index (χ0n) is 15.2. The van der Waals surface area contributed by atoms with Gasteiger partial charge in [0.15, 0.2) is 5.82 Å². The minimum absolute atomic E-state index is 0.0350. The average molecular weight is 366 g/mol. The Morgan fingerprint density at radius 3 is 2.78 bits per heavy atom. The number of amides is 1. The molecular formula is C20H22N4O3. The van der Waals surface area contributed by atoms with Crippen molar-refractivity contribution in [1.29, 1.82) is 0 Å². The molecule has 0 aliphatic carbocycles. The first-order valence-electron chi connectivity index (χ1n) is 9.05. The van der Waals surface area contributed by atoms with Gasteiger partial charge in [-0.2, -0.15) is 4.98 Å². The lowest BCUT2D eigenvalue weighted by Crippen LogP contribution is -2.49. The zero-order chi connectivity index (χ0) is 18.6. The summed E-state index contributed by atoms with van der Waals surface area (Å²) in [5.41, 5.74) is 1.83. The zero-order valence-corrected chi connectivity index (χ0v) is 15.2. The molecule has 1 fully saturated rings. The molecule has 0 unspecified atom stereocenters. The van der Waals surface area contributed by atoms with Crippen LogP contribution < -0.4 is 0 Å². The summed E-state index contributed by atoms with van der Waals surface area (Å²) in [5, 5.41) is 4.02. The van der Waals surface area contributed by atoms with Crippen molar-refractivity contribution in [2.24, 2.45) is 7.05 Å². The molecule has 2 aromatic heterocycles. The van der Waals surface area contributed by atoms with E-state index in [1.165, 1.54) is 0 Å². The predicted molar refractivity (Wildman–Crippen MR) is 98.2 cm³/mol. The Hall–Kier alpha value is -2.93. The number of carbonyl (C=O) groups is 1. The lowest BCUT2D eigenvalue weighted by atomic mass is 9.99. The van der Waals surface area contributed by atoms with Gasteiger partial charge in [0.05, 0.1) is 19.1 Å². The first-order chi connectivity index (χ1) is 13.2. The molecule has 4 rings (SSSR count). The molecule has 0 bridgehead atoms. The van der Waals surface area contributed by atoms with Crippen LogP contribution in [0.3, 0.4) is 0 Å². The number of hydrogen-bond acceptors (Lipinski definition) is 5. The number of likely N-dealkylation sites (tertiary alicyclic amines) is 1. The van der Waals surface area contributed by atoms with Crippen molar-refractivity contribution in [2.45, 2.75) is 18.9 Å². The van der Waals surface area contributed by atoms with Crippen molar-refractivity contribution in [2.75, 3.05) is 19.7 Å².